The first-order chi connectivity index (χ1) is 8.91. The number of fused-ring (bicyclic) bond motifs is 1. The summed E-state index contributed by atoms with van der Waals surface area (Å²) in [5.41, 5.74) is 0. The highest BCUT2D eigenvalue weighted by atomic mass is 16.2. The van der Waals surface area contributed by atoms with Crippen molar-refractivity contribution < 1.29 is 9.59 Å². The molecular weight excluding hydrogens is 240 g/mol. The van der Waals surface area contributed by atoms with E-state index in [0.717, 1.165) is 13.1 Å². The fourth-order valence-electron chi connectivity index (χ4n) is 3.57. The Balaban J connectivity index is 1.48. The van der Waals surface area contributed by atoms with Gasteiger partial charge < -0.3 is 10.2 Å². The third-order valence-electron chi connectivity index (χ3n) is 5.45. The Morgan fingerprint density at radius 3 is 2.05 bits per heavy atom. The summed E-state index contributed by atoms with van der Waals surface area (Å²) in [7, 11) is 0. The van der Waals surface area contributed by atoms with Crippen LogP contribution in [0, 0.1) is 35.5 Å². The molecule has 0 bridgehead atoms. The van der Waals surface area contributed by atoms with Crippen LogP contribution >= 0.6 is 0 Å². The molecule has 4 heteroatoms. The molecule has 0 spiro atoms. The number of rotatable bonds is 3. The molecule has 2 aliphatic carbocycles. The minimum atomic E-state index is 0.0484. The zero-order chi connectivity index (χ0) is 13.9. The molecule has 1 N–H and O–H groups in total. The molecule has 1 saturated heterocycles. The lowest BCUT2D eigenvalue weighted by Gasteiger charge is -2.21. The summed E-state index contributed by atoms with van der Waals surface area (Å²) in [6.45, 7) is 9.86. The average Bonchev–Trinajstić information content (AvgIpc) is 3.08. The molecule has 0 aromatic carbocycles. The molecule has 2 amide bonds. The summed E-state index contributed by atoms with van der Waals surface area (Å²) in [6, 6.07) is 0.327. The molecule has 19 heavy (non-hydrogen) atoms. The van der Waals surface area contributed by atoms with E-state index in [4.69, 9.17) is 0 Å². The van der Waals surface area contributed by atoms with Gasteiger partial charge in [-0.05, 0) is 11.8 Å². The van der Waals surface area contributed by atoms with Gasteiger partial charge in [0.15, 0.2) is 0 Å². The number of amides is 2. The van der Waals surface area contributed by atoms with Crippen molar-refractivity contribution in [2.24, 2.45) is 35.5 Å². The normalized spacial score (nSPS) is 43.1. The van der Waals surface area contributed by atoms with E-state index >= 15 is 0 Å². The van der Waals surface area contributed by atoms with Crippen molar-refractivity contribution in [1.29, 1.82) is 0 Å². The highest BCUT2D eigenvalue weighted by Crippen LogP contribution is 2.50. The van der Waals surface area contributed by atoms with Crippen LogP contribution in [0.15, 0.2) is 0 Å². The summed E-state index contributed by atoms with van der Waals surface area (Å²) < 4.78 is 0. The molecule has 0 aromatic rings. The summed E-state index contributed by atoms with van der Waals surface area (Å²) in [5, 5.41) is 3.10. The molecule has 1 heterocycles. The number of nitrogens with zero attached hydrogens (tertiary/aromatic N) is 1. The van der Waals surface area contributed by atoms with E-state index in [2.05, 4.69) is 19.2 Å². The molecule has 6 atom stereocenters. The largest absolute Gasteiger partial charge is 0.352 e. The molecular formula is C15H24N2O2. The maximum Gasteiger partial charge on any atom is 0.226 e. The molecule has 3 aliphatic rings. The second-order valence-corrected chi connectivity index (χ2v) is 7.00. The molecule has 2 unspecified atom stereocenters. The van der Waals surface area contributed by atoms with Crippen LogP contribution < -0.4 is 5.32 Å². The van der Waals surface area contributed by atoms with Gasteiger partial charge in [0.1, 0.15) is 0 Å². The Morgan fingerprint density at radius 2 is 1.63 bits per heavy atom. The first-order valence-electron chi connectivity index (χ1n) is 7.51. The van der Waals surface area contributed by atoms with Gasteiger partial charge in [-0.25, -0.2) is 0 Å². The van der Waals surface area contributed by atoms with E-state index in [1.165, 1.54) is 0 Å². The van der Waals surface area contributed by atoms with Crippen LogP contribution in [-0.4, -0.2) is 35.8 Å². The monoisotopic (exact) mass is 264 g/mol. The van der Waals surface area contributed by atoms with Gasteiger partial charge >= 0.3 is 0 Å². The smallest absolute Gasteiger partial charge is 0.226 e. The molecule has 3 fully saturated rings. The van der Waals surface area contributed by atoms with Crippen LogP contribution in [0.1, 0.15) is 27.7 Å². The topological polar surface area (TPSA) is 49.4 Å². The van der Waals surface area contributed by atoms with Gasteiger partial charge in [-0.3, -0.25) is 9.59 Å². The maximum atomic E-state index is 12.3. The predicted octanol–water partition coefficient (Wildman–Crippen LogP) is 1.12. The van der Waals surface area contributed by atoms with E-state index in [9.17, 15) is 9.59 Å². The van der Waals surface area contributed by atoms with Crippen LogP contribution in [0.25, 0.3) is 0 Å². The highest BCUT2D eigenvalue weighted by molar-refractivity contribution is 5.83. The number of hydrogen-bond donors (Lipinski definition) is 1. The molecule has 0 radical (unpaired) electrons. The predicted molar refractivity (Wildman–Crippen MR) is 72.1 cm³/mol. The van der Waals surface area contributed by atoms with Crippen LogP contribution in [-0.2, 0) is 9.59 Å². The van der Waals surface area contributed by atoms with Crippen molar-refractivity contribution in [3.05, 3.63) is 0 Å². The maximum absolute atomic E-state index is 12.3. The van der Waals surface area contributed by atoms with Crippen molar-refractivity contribution in [3.8, 4) is 0 Å². The van der Waals surface area contributed by atoms with Gasteiger partial charge in [0, 0.05) is 42.8 Å². The van der Waals surface area contributed by atoms with Gasteiger partial charge in [-0.15, -0.1) is 0 Å². The van der Waals surface area contributed by atoms with Crippen LogP contribution in [0.3, 0.4) is 0 Å². The van der Waals surface area contributed by atoms with Crippen LogP contribution in [0.2, 0.25) is 0 Å². The van der Waals surface area contributed by atoms with Gasteiger partial charge in [0.05, 0.1) is 0 Å². The molecule has 2 saturated carbocycles. The lowest BCUT2D eigenvalue weighted by atomic mass is 10.2. The lowest BCUT2D eigenvalue weighted by molar-refractivity contribution is -0.132. The second-order valence-electron chi connectivity index (χ2n) is 7.00. The van der Waals surface area contributed by atoms with E-state index < -0.39 is 0 Å². The number of carbonyl (C=O) groups is 2. The Hall–Kier alpha value is -1.06. The third-order valence-corrected chi connectivity index (χ3v) is 5.45. The van der Waals surface area contributed by atoms with E-state index in [1.54, 1.807) is 0 Å². The third kappa shape index (κ3) is 2.05. The fraction of sp³-hybridized carbons (Fsp3) is 0.867. The Kier molecular flexibility index (Phi) is 2.88. The number of carbonyl (C=O) groups excluding carboxylic acids is 2. The highest BCUT2D eigenvalue weighted by Gasteiger charge is 2.59. The molecule has 1 aliphatic heterocycles. The summed E-state index contributed by atoms with van der Waals surface area (Å²) in [5.74, 6) is 2.94. The van der Waals surface area contributed by atoms with Gasteiger partial charge in [-0.1, -0.05) is 27.7 Å². The van der Waals surface area contributed by atoms with Gasteiger partial charge in [0.2, 0.25) is 11.8 Å². The number of nitrogens with one attached hydrogen (secondary N) is 1. The first kappa shape index (κ1) is 12.9. The lowest BCUT2D eigenvalue weighted by Crippen LogP contribution is -2.39. The van der Waals surface area contributed by atoms with Crippen LogP contribution in [0.5, 0.6) is 0 Å². The SMILES string of the molecule is CC(C)C(=O)NC1[C@H]2CN(C(=O)C3[C@@H](C)[C@H]3C)C[C@@H]12. The van der Waals surface area contributed by atoms with E-state index in [1.807, 2.05) is 18.7 Å². The first-order valence-corrected chi connectivity index (χ1v) is 7.51. The van der Waals surface area contributed by atoms with Crippen molar-refractivity contribution >= 4 is 11.8 Å². The zero-order valence-electron chi connectivity index (χ0n) is 12.2. The average molecular weight is 264 g/mol. The Labute approximate surface area is 114 Å². The van der Waals surface area contributed by atoms with E-state index in [0.29, 0.717) is 35.6 Å². The van der Waals surface area contributed by atoms with Gasteiger partial charge in [-0.2, -0.15) is 0 Å². The standard InChI is InChI=1S/C15H24N2O2/c1-7(2)14(18)16-13-10-5-17(6-11(10)13)15(19)12-8(3)9(12)4/h7-13H,5-6H2,1-4H3,(H,16,18)/t8-,9+,10-,11+,12?,13?. The minimum absolute atomic E-state index is 0.0484. The Bertz CT molecular complexity index is 400. The van der Waals surface area contributed by atoms with Crippen molar-refractivity contribution in [1.82, 2.24) is 10.2 Å². The zero-order valence-corrected chi connectivity index (χ0v) is 12.2. The van der Waals surface area contributed by atoms with Crippen LogP contribution in [0.4, 0.5) is 0 Å². The number of likely N-dealkylation sites (tertiary alicyclic amines) is 1. The van der Waals surface area contributed by atoms with Crippen molar-refractivity contribution in [2.45, 2.75) is 33.7 Å². The van der Waals surface area contributed by atoms with Crippen molar-refractivity contribution in [3.63, 3.8) is 0 Å². The molecule has 3 rings (SSSR count). The summed E-state index contributed by atoms with van der Waals surface area (Å²) in [6.07, 6.45) is 0. The summed E-state index contributed by atoms with van der Waals surface area (Å²) in [4.78, 5) is 25.9. The molecule has 106 valence electrons. The number of hydrogen-bond acceptors (Lipinski definition) is 2. The Morgan fingerprint density at radius 1 is 1.11 bits per heavy atom. The molecule has 4 nitrogen and oxygen atoms in total. The van der Waals surface area contributed by atoms with Crippen molar-refractivity contribution in [2.75, 3.05) is 13.1 Å². The summed E-state index contributed by atoms with van der Waals surface area (Å²) >= 11 is 0. The quantitative estimate of drug-likeness (QED) is 0.830. The van der Waals surface area contributed by atoms with Gasteiger partial charge in [0.25, 0.3) is 0 Å². The number of piperidine rings is 1. The second kappa shape index (κ2) is 4.22. The fourth-order valence-corrected chi connectivity index (χ4v) is 3.57. The van der Waals surface area contributed by atoms with E-state index in [-0.39, 0.29) is 17.7 Å². The molecule has 0 aromatic heterocycles. The minimum Gasteiger partial charge on any atom is -0.352 e.